The van der Waals surface area contributed by atoms with Crippen molar-refractivity contribution in [3.8, 4) is 5.75 Å². The lowest BCUT2D eigenvalue weighted by molar-refractivity contribution is 0.410. The zero-order chi connectivity index (χ0) is 14.4. The first kappa shape index (κ1) is 15.5. The average molecular weight is 266 g/mol. The minimum Gasteiger partial charge on any atom is -0.496 e. The number of hydrogen-bond acceptors (Lipinski definition) is 2. The van der Waals surface area contributed by atoms with E-state index in [1.165, 1.54) is 12.1 Å². The fourth-order valence-corrected chi connectivity index (χ4v) is 1.97. The smallest absolute Gasteiger partial charge is 0.131 e. The van der Waals surface area contributed by atoms with Gasteiger partial charge >= 0.3 is 0 Å². The van der Waals surface area contributed by atoms with E-state index in [2.05, 4.69) is 9.88 Å². The molecule has 1 aromatic carbocycles. The number of aromatic nitrogens is 1. The summed E-state index contributed by atoms with van der Waals surface area (Å²) in [6.45, 7) is 4.95. The number of aromatic amines is 1. The molecule has 0 amide bonds. The second-order valence-corrected chi connectivity index (χ2v) is 4.40. The number of rotatable bonds is 4. The zero-order valence-corrected chi connectivity index (χ0v) is 12.4. The Morgan fingerprint density at radius 3 is 2.53 bits per heavy atom. The van der Waals surface area contributed by atoms with Crippen molar-refractivity contribution in [2.75, 3.05) is 27.7 Å². The van der Waals surface area contributed by atoms with Crippen molar-refractivity contribution in [1.29, 1.82) is 0 Å². The summed E-state index contributed by atoms with van der Waals surface area (Å²) in [7, 11) is 5.63. The van der Waals surface area contributed by atoms with Crippen LogP contribution in [0.15, 0.2) is 18.3 Å². The third kappa shape index (κ3) is 3.70. The molecule has 2 rings (SSSR count). The van der Waals surface area contributed by atoms with Gasteiger partial charge in [-0.3, -0.25) is 0 Å². The number of likely N-dealkylation sites (N-methyl/N-ethyl adjacent to an activating group) is 1. The van der Waals surface area contributed by atoms with Crippen LogP contribution in [-0.2, 0) is 6.42 Å². The molecule has 1 aromatic heterocycles. The van der Waals surface area contributed by atoms with Crippen molar-refractivity contribution in [2.45, 2.75) is 20.3 Å². The lowest BCUT2D eigenvalue weighted by Crippen LogP contribution is -2.14. The quantitative estimate of drug-likeness (QED) is 0.918. The van der Waals surface area contributed by atoms with E-state index in [1.807, 2.05) is 34.1 Å². The summed E-state index contributed by atoms with van der Waals surface area (Å²) in [5.74, 6) is 0.311. The second kappa shape index (κ2) is 7.14. The van der Waals surface area contributed by atoms with Crippen LogP contribution in [-0.4, -0.2) is 37.6 Å². The SMILES string of the molecule is CC.COc1cc(F)cc2[nH]cc(CCN(C)C)c12. The van der Waals surface area contributed by atoms with Crippen LogP contribution in [0.5, 0.6) is 5.75 Å². The molecule has 3 nitrogen and oxygen atoms in total. The molecule has 1 heterocycles. The Kier molecular flexibility index (Phi) is 5.83. The predicted octanol–water partition coefficient (Wildman–Crippen LogP) is 3.45. The molecule has 0 aliphatic heterocycles. The first-order valence-electron chi connectivity index (χ1n) is 6.60. The van der Waals surface area contributed by atoms with Crippen LogP contribution in [0.1, 0.15) is 19.4 Å². The Morgan fingerprint density at radius 2 is 1.95 bits per heavy atom. The van der Waals surface area contributed by atoms with Gasteiger partial charge in [0.1, 0.15) is 11.6 Å². The van der Waals surface area contributed by atoms with Gasteiger partial charge in [0.15, 0.2) is 0 Å². The maximum absolute atomic E-state index is 13.3. The standard InChI is InChI=1S/C13H17FN2O.C2H6/c1-16(2)5-4-9-8-15-11-6-10(14)7-12(17-3)13(9)11;1-2/h6-8,15H,4-5H2,1-3H3;1-2H3. The molecule has 0 saturated heterocycles. The Balaban J connectivity index is 0.000000861. The first-order chi connectivity index (χ1) is 9.11. The highest BCUT2D eigenvalue weighted by atomic mass is 19.1. The van der Waals surface area contributed by atoms with E-state index in [-0.39, 0.29) is 5.82 Å². The van der Waals surface area contributed by atoms with Crippen LogP contribution in [0.2, 0.25) is 0 Å². The van der Waals surface area contributed by atoms with E-state index in [0.717, 1.165) is 29.4 Å². The molecular weight excluding hydrogens is 243 g/mol. The van der Waals surface area contributed by atoms with Crippen LogP contribution >= 0.6 is 0 Å². The fraction of sp³-hybridized carbons (Fsp3) is 0.467. The normalized spacial score (nSPS) is 10.5. The third-order valence-electron chi connectivity index (χ3n) is 2.84. The summed E-state index contributed by atoms with van der Waals surface area (Å²) in [5.41, 5.74) is 1.95. The van der Waals surface area contributed by atoms with E-state index < -0.39 is 0 Å². The lowest BCUT2D eigenvalue weighted by atomic mass is 10.1. The number of nitrogens with one attached hydrogen (secondary N) is 1. The molecule has 106 valence electrons. The van der Waals surface area contributed by atoms with Gasteiger partial charge in [-0.1, -0.05) is 13.8 Å². The molecule has 1 N–H and O–H groups in total. The summed E-state index contributed by atoms with van der Waals surface area (Å²) >= 11 is 0. The Morgan fingerprint density at radius 1 is 1.26 bits per heavy atom. The van der Waals surface area contributed by atoms with Gasteiger partial charge in [0.05, 0.1) is 12.6 Å². The van der Waals surface area contributed by atoms with E-state index in [1.54, 1.807) is 7.11 Å². The Hall–Kier alpha value is -1.55. The molecule has 0 fully saturated rings. The minimum atomic E-state index is -0.282. The highest BCUT2D eigenvalue weighted by Gasteiger charge is 2.11. The molecule has 4 heteroatoms. The second-order valence-electron chi connectivity index (χ2n) is 4.40. The monoisotopic (exact) mass is 266 g/mol. The van der Waals surface area contributed by atoms with Crippen molar-refractivity contribution >= 4 is 10.9 Å². The number of H-pyrrole nitrogens is 1. The number of hydrogen-bond donors (Lipinski definition) is 1. The number of nitrogens with zero attached hydrogens (tertiary/aromatic N) is 1. The first-order valence-corrected chi connectivity index (χ1v) is 6.60. The van der Waals surface area contributed by atoms with Crippen molar-refractivity contribution in [2.24, 2.45) is 0 Å². The summed E-state index contributed by atoms with van der Waals surface area (Å²) in [6.07, 6.45) is 2.84. The van der Waals surface area contributed by atoms with E-state index >= 15 is 0 Å². The maximum Gasteiger partial charge on any atom is 0.131 e. The van der Waals surface area contributed by atoms with Crippen molar-refractivity contribution in [3.05, 3.63) is 29.7 Å². The van der Waals surface area contributed by atoms with Gasteiger partial charge in [-0.05, 0) is 32.1 Å². The topological polar surface area (TPSA) is 28.3 Å². The van der Waals surface area contributed by atoms with E-state index in [9.17, 15) is 4.39 Å². The highest BCUT2D eigenvalue weighted by molar-refractivity contribution is 5.89. The van der Waals surface area contributed by atoms with Gasteiger partial charge in [-0.2, -0.15) is 0 Å². The largest absolute Gasteiger partial charge is 0.496 e. The van der Waals surface area contributed by atoms with Gasteiger partial charge in [-0.25, -0.2) is 4.39 Å². The van der Waals surface area contributed by atoms with Gasteiger partial charge in [0, 0.05) is 24.2 Å². The van der Waals surface area contributed by atoms with E-state index in [4.69, 9.17) is 4.74 Å². The molecule has 0 atom stereocenters. The molecule has 0 aliphatic rings. The Bertz CT molecular complexity index is 520. The number of methoxy groups -OCH3 is 1. The van der Waals surface area contributed by atoms with Crippen LogP contribution in [0.25, 0.3) is 10.9 Å². The van der Waals surface area contributed by atoms with Crippen LogP contribution in [0, 0.1) is 5.82 Å². The average Bonchev–Trinajstić information content (AvgIpc) is 2.80. The lowest BCUT2D eigenvalue weighted by Gasteiger charge is -2.09. The molecule has 0 bridgehead atoms. The molecule has 0 unspecified atom stereocenters. The van der Waals surface area contributed by atoms with Crippen LogP contribution in [0.3, 0.4) is 0 Å². The molecular formula is C15H23FN2O. The number of benzene rings is 1. The number of ether oxygens (including phenoxy) is 1. The number of halogens is 1. The number of fused-ring (bicyclic) bond motifs is 1. The maximum atomic E-state index is 13.3. The van der Waals surface area contributed by atoms with Gasteiger partial charge in [-0.15, -0.1) is 0 Å². The third-order valence-corrected chi connectivity index (χ3v) is 2.84. The summed E-state index contributed by atoms with van der Waals surface area (Å²) in [6, 6.07) is 2.92. The van der Waals surface area contributed by atoms with Gasteiger partial charge < -0.3 is 14.6 Å². The molecule has 19 heavy (non-hydrogen) atoms. The molecule has 0 spiro atoms. The van der Waals surface area contributed by atoms with E-state index in [0.29, 0.717) is 5.75 Å². The molecule has 2 aromatic rings. The van der Waals surface area contributed by atoms with Crippen molar-refractivity contribution < 1.29 is 9.13 Å². The van der Waals surface area contributed by atoms with Crippen LogP contribution in [0.4, 0.5) is 4.39 Å². The minimum absolute atomic E-state index is 0.282. The molecule has 0 aliphatic carbocycles. The summed E-state index contributed by atoms with van der Waals surface area (Å²) in [4.78, 5) is 5.21. The molecule has 0 saturated carbocycles. The fourth-order valence-electron chi connectivity index (χ4n) is 1.97. The molecule has 0 radical (unpaired) electrons. The predicted molar refractivity (Wildman–Crippen MR) is 78.4 cm³/mol. The highest BCUT2D eigenvalue weighted by Crippen LogP contribution is 2.30. The van der Waals surface area contributed by atoms with Gasteiger partial charge in [0.25, 0.3) is 0 Å². The summed E-state index contributed by atoms with van der Waals surface area (Å²) in [5, 5.41) is 0.982. The van der Waals surface area contributed by atoms with Crippen molar-refractivity contribution in [1.82, 2.24) is 9.88 Å². The van der Waals surface area contributed by atoms with Crippen LogP contribution < -0.4 is 4.74 Å². The Labute approximate surface area is 114 Å². The van der Waals surface area contributed by atoms with Gasteiger partial charge in [0.2, 0.25) is 0 Å². The van der Waals surface area contributed by atoms with Crippen molar-refractivity contribution in [3.63, 3.8) is 0 Å². The summed E-state index contributed by atoms with van der Waals surface area (Å²) < 4.78 is 18.5. The zero-order valence-electron chi connectivity index (χ0n) is 12.4.